The first kappa shape index (κ1) is 24.9. The van der Waals surface area contributed by atoms with Gasteiger partial charge in [0.15, 0.2) is 0 Å². The van der Waals surface area contributed by atoms with E-state index in [0.717, 1.165) is 55.9 Å². The number of hydrogen-bond donors (Lipinski definition) is 0. The van der Waals surface area contributed by atoms with Crippen LogP contribution in [0.2, 0.25) is 0 Å². The quantitative estimate of drug-likeness (QED) is 0.214. The Labute approximate surface area is 249 Å². The minimum atomic E-state index is 0.856. The van der Waals surface area contributed by atoms with Crippen molar-refractivity contribution in [2.75, 3.05) is 0 Å². The Bertz CT molecular complexity index is 2150. The van der Waals surface area contributed by atoms with Crippen LogP contribution in [0.15, 0.2) is 158 Å². The van der Waals surface area contributed by atoms with E-state index < -0.39 is 0 Å². The van der Waals surface area contributed by atoms with E-state index in [-0.39, 0.29) is 0 Å². The SMILES string of the molecule is c1ccc(-c2cc(-c3ccc(-c4ccc5c(c4)c4cnccc4n5-c4ccccc4)cc3)cc(-c3ccccn3)n2)cc1. The molecule has 0 saturated carbocycles. The number of rotatable bonds is 5. The first-order valence-electron chi connectivity index (χ1n) is 14.4. The molecule has 0 saturated heterocycles. The first-order chi connectivity index (χ1) is 21.3. The number of hydrogen-bond acceptors (Lipinski definition) is 3. The van der Waals surface area contributed by atoms with Crippen molar-refractivity contribution < 1.29 is 0 Å². The minimum absolute atomic E-state index is 0.856. The number of para-hydroxylation sites is 1. The average molecular weight is 551 g/mol. The molecule has 0 atom stereocenters. The molecule has 0 aliphatic rings. The predicted octanol–water partition coefficient (Wildman–Crippen LogP) is 9.64. The van der Waals surface area contributed by atoms with Crippen molar-refractivity contribution in [3.63, 3.8) is 0 Å². The van der Waals surface area contributed by atoms with Crippen LogP contribution in [0.4, 0.5) is 0 Å². The molecule has 0 unspecified atom stereocenters. The van der Waals surface area contributed by atoms with E-state index in [2.05, 4.69) is 118 Å². The summed E-state index contributed by atoms with van der Waals surface area (Å²) in [5.41, 5.74) is 11.8. The summed E-state index contributed by atoms with van der Waals surface area (Å²) in [4.78, 5) is 14.0. The topological polar surface area (TPSA) is 43.6 Å². The van der Waals surface area contributed by atoms with Gasteiger partial charge in [-0.1, -0.05) is 84.9 Å². The third kappa shape index (κ3) is 4.55. The van der Waals surface area contributed by atoms with E-state index in [1.807, 2.05) is 55.0 Å². The van der Waals surface area contributed by atoms with Crippen LogP contribution in [0.1, 0.15) is 0 Å². The Morgan fingerprint density at radius 1 is 0.419 bits per heavy atom. The van der Waals surface area contributed by atoms with E-state index in [9.17, 15) is 0 Å². The van der Waals surface area contributed by atoms with Crippen LogP contribution in [0.5, 0.6) is 0 Å². The van der Waals surface area contributed by atoms with Crippen LogP contribution < -0.4 is 0 Å². The second-order valence-electron chi connectivity index (χ2n) is 10.6. The van der Waals surface area contributed by atoms with Gasteiger partial charge in [-0.3, -0.25) is 9.97 Å². The molecule has 8 rings (SSSR count). The van der Waals surface area contributed by atoms with Gasteiger partial charge in [0.2, 0.25) is 0 Å². The van der Waals surface area contributed by atoms with Crippen molar-refractivity contribution >= 4 is 21.8 Å². The van der Waals surface area contributed by atoms with Crippen LogP contribution in [0.25, 0.3) is 72.4 Å². The summed E-state index contributed by atoms with van der Waals surface area (Å²) in [5, 5.41) is 2.34. The summed E-state index contributed by atoms with van der Waals surface area (Å²) >= 11 is 0. The van der Waals surface area contributed by atoms with Gasteiger partial charge in [-0.2, -0.15) is 0 Å². The fraction of sp³-hybridized carbons (Fsp3) is 0. The number of aromatic nitrogens is 4. The third-order valence-corrected chi connectivity index (χ3v) is 7.95. The summed E-state index contributed by atoms with van der Waals surface area (Å²) in [7, 11) is 0. The summed E-state index contributed by atoms with van der Waals surface area (Å²) in [6.07, 6.45) is 5.64. The highest BCUT2D eigenvalue weighted by atomic mass is 15.0. The van der Waals surface area contributed by atoms with Crippen LogP contribution in [0.3, 0.4) is 0 Å². The molecule has 0 aliphatic carbocycles. The third-order valence-electron chi connectivity index (χ3n) is 7.95. The molecule has 4 aromatic carbocycles. The lowest BCUT2D eigenvalue weighted by Gasteiger charge is -2.11. The Hall–Kier alpha value is -5.87. The number of pyridine rings is 3. The van der Waals surface area contributed by atoms with Crippen molar-refractivity contribution in [3.8, 4) is 50.6 Å². The van der Waals surface area contributed by atoms with E-state index >= 15 is 0 Å². The molecule has 0 spiro atoms. The first-order valence-corrected chi connectivity index (χ1v) is 14.4. The molecule has 4 aromatic heterocycles. The Morgan fingerprint density at radius 2 is 1.09 bits per heavy atom. The standard InChI is InChI=1S/C39H26N4/c1-3-9-29(10-4-1)36-24-31(25-37(42-36)35-13-7-8-21-41-35)28-16-14-27(15-17-28)30-18-19-38-33(23-30)34-26-40-22-20-39(34)43(38)32-11-5-2-6-12-32/h1-26H. The molecule has 4 heterocycles. The van der Waals surface area contributed by atoms with Crippen LogP contribution in [-0.4, -0.2) is 19.5 Å². The smallest absolute Gasteiger partial charge is 0.0899 e. The summed E-state index contributed by atoms with van der Waals surface area (Å²) in [5.74, 6) is 0. The minimum Gasteiger partial charge on any atom is -0.309 e. The highest BCUT2D eigenvalue weighted by Crippen LogP contribution is 2.35. The van der Waals surface area contributed by atoms with Crippen molar-refractivity contribution in [3.05, 3.63) is 158 Å². The molecule has 0 bridgehead atoms. The van der Waals surface area contributed by atoms with E-state index in [1.54, 1.807) is 0 Å². The number of benzene rings is 4. The second-order valence-corrected chi connectivity index (χ2v) is 10.6. The molecule has 202 valence electrons. The van der Waals surface area contributed by atoms with Crippen molar-refractivity contribution in [1.82, 2.24) is 19.5 Å². The fourth-order valence-electron chi connectivity index (χ4n) is 5.86. The maximum atomic E-state index is 4.97. The highest BCUT2D eigenvalue weighted by molar-refractivity contribution is 6.10. The summed E-state index contributed by atoms with van der Waals surface area (Å²) in [6.45, 7) is 0. The van der Waals surface area contributed by atoms with Gasteiger partial charge in [-0.25, -0.2) is 4.98 Å². The van der Waals surface area contributed by atoms with Crippen molar-refractivity contribution in [1.29, 1.82) is 0 Å². The van der Waals surface area contributed by atoms with Gasteiger partial charge in [0.1, 0.15) is 0 Å². The van der Waals surface area contributed by atoms with Gasteiger partial charge in [0.25, 0.3) is 0 Å². The molecule has 4 nitrogen and oxygen atoms in total. The van der Waals surface area contributed by atoms with Crippen LogP contribution in [-0.2, 0) is 0 Å². The van der Waals surface area contributed by atoms with Gasteiger partial charge in [-0.15, -0.1) is 0 Å². The Morgan fingerprint density at radius 3 is 1.86 bits per heavy atom. The van der Waals surface area contributed by atoms with Crippen LogP contribution >= 0.6 is 0 Å². The van der Waals surface area contributed by atoms with Gasteiger partial charge < -0.3 is 4.57 Å². The zero-order chi connectivity index (χ0) is 28.6. The maximum absolute atomic E-state index is 4.97. The van der Waals surface area contributed by atoms with Crippen LogP contribution in [0, 0.1) is 0 Å². The fourth-order valence-corrected chi connectivity index (χ4v) is 5.86. The van der Waals surface area contributed by atoms with Crippen molar-refractivity contribution in [2.45, 2.75) is 0 Å². The average Bonchev–Trinajstić information content (AvgIpc) is 3.43. The lowest BCUT2D eigenvalue weighted by Crippen LogP contribution is -1.93. The normalized spacial score (nSPS) is 11.3. The second kappa shape index (κ2) is 10.5. The molecule has 0 amide bonds. The molecular weight excluding hydrogens is 524 g/mol. The highest BCUT2D eigenvalue weighted by Gasteiger charge is 2.14. The molecular formula is C39H26N4. The molecule has 8 aromatic rings. The van der Waals surface area contributed by atoms with Gasteiger partial charge in [0, 0.05) is 40.6 Å². The van der Waals surface area contributed by atoms with E-state index in [4.69, 9.17) is 4.98 Å². The molecule has 0 fully saturated rings. The molecule has 4 heteroatoms. The number of nitrogens with zero attached hydrogens (tertiary/aromatic N) is 4. The largest absolute Gasteiger partial charge is 0.309 e. The Kier molecular flexibility index (Phi) is 6.08. The number of fused-ring (bicyclic) bond motifs is 3. The monoisotopic (exact) mass is 550 g/mol. The predicted molar refractivity (Wildman–Crippen MR) is 176 cm³/mol. The lowest BCUT2D eigenvalue weighted by atomic mass is 9.97. The molecule has 0 N–H and O–H groups in total. The zero-order valence-corrected chi connectivity index (χ0v) is 23.3. The van der Waals surface area contributed by atoms with E-state index in [0.29, 0.717) is 0 Å². The summed E-state index contributed by atoms with van der Waals surface area (Å²) < 4.78 is 2.31. The lowest BCUT2D eigenvalue weighted by molar-refractivity contribution is 1.17. The van der Waals surface area contributed by atoms with Gasteiger partial charge in [0.05, 0.1) is 28.1 Å². The summed E-state index contributed by atoms with van der Waals surface area (Å²) in [6, 6.07) is 48.6. The van der Waals surface area contributed by atoms with Crippen molar-refractivity contribution in [2.24, 2.45) is 0 Å². The molecule has 0 aliphatic heterocycles. The van der Waals surface area contributed by atoms with Gasteiger partial charge >= 0.3 is 0 Å². The molecule has 0 radical (unpaired) electrons. The maximum Gasteiger partial charge on any atom is 0.0899 e. The Balaban J connectivity index is 1.21. The zero-order valence-electron chi connectivity index (χ0n) is 23.3. The molecule has 43 heavy (non-hydrogen) atoms. The van der Waals surface area contributed by atoms with Gasteiger partial charge in [-0.05, 0) is 76.9 Å². The van der Waals surface area contributed by atoms with E-state index in [1.165, 1.54) is 16.5 Å².